The number of rotatable bonds is 4. The van der Waals surface area contributed by atoms with E-state index < -0.39 is 5.41 Å². The largest absolute Gasteiger partial charge is 0.426 e. The normalized spacial score (nSPS) is 38.1. The predicted octanol–water partition coefficient (Wildman–Crippen LogP) is 5.70. The van der Waals surface area contributed by atoms with Gasteiger partial charge in [0.15, 0.2) is 0 Å². The van der Waals surface area contributed by atoms with Gasteiger partial charge < -0.3 is 4.74 Å². The van der Waals surface area contributed by atoms with Gasteiger partial charge in [-0.3, -0.25) is 9.59 Å². The van der Waals surface area contributed by atoms with Gasteiger partial charge >= 0.3 is 5.97 Å². The molecule has 0 aromatic heterocycles. The van der Waals surface area contributed by atoms with Crippen molar-refractivity contribution in [3.8, 4) is 5.75 Å². The Morgan fingerprint density at radius 3 is 2.42 bits per heavy atom. The molecule has 4 aliphatic rings. The van der Waals surface area contributed by atoms with Crippen molar-refractivity contribution in [2.45, 2.75) is 89.4 Å². The third-order valence-corrected chi connectivity index (χ3v) is 12.6. The molecule has 3 nitrogen and oxygen atoms in total. The maximum Gasteiger partial charge on any atom is 0.316 e. The number of hydrogen-bond acceptors (Lipinski definition) is 3. The van der Waals surface area contributed by atoms with Crippen LogP contribution in [0.3, 0.4) is 0 Å². The Hall–Kier alpha value is -1.29. The number of ketones is 1. The van der Waals surface area contributed by atoms with Crippen LogP contribution >= 0.6 is 0 Å². The van der Waals surface area contributed by atoms with Gasteiger partial charge in [0.25, 0.3) is 0 Å². The third-order valence-electron chi connectivity index (χ3n) is 9.16. The van der Waals surface area contributed by atoms with E-state index in [1.807, 2.05) is 32.9 Å². The van der Waals surface area contributed by atoms with E-state index >= 15 is 0 Å². The molecule has 4 unspecified atom stereocenters. The summed E-state index contributed by atoms with van der Waals surface area (Å²) in [6.07, 6.45) is 7.22. The first kappa shape index (κ1) is 21.6. The predicted molar refractivity (Wildman–Crippen MR) is 126 cm³/mol. The number of esters is 1. The van der Waals surface area contributed by atoms with Crippen LogP contribution in [0.25, 0.3) is 0 Å². The minimum Gasteiger partial charge on any atom is -0.426 e. The van der Waals surface area contributed by atoms with Crippen molar-refractivity contribution in [2.24, 2.45) is 28.1 Å². The lowest BCUT2D eigenvalue weighted by molar-refractivity contribution is -0.143. The summed E-state index contributed by atoms with van der Waals surface area (Å²) < 4.78 is 5.55. The van der Waals surface area contributed by atoms with E-state index in [0.717, 1.165) is 29.8 Å². The van der Waals surface area contributed by atoms with E-state index in [2.05, 4.69) is 26.0 Å². The van der Waals surface area contributed by atoms with E-state index in [0.29, 0.717) is 22.7 Å². The molecule has 0 N–H and O–H groups in total. The van der Waals surface area contributed by atoms with Crippen molar-refractivity contribution in [3.63, 3.8) is 0 Å². The molecule has 6 atom stereocenters. The Labute approximate surface area is 190 Å². The Morgan fingerprint density at radius 1 is 1.13 bits per heavy atom. The van der Waals surface area contributed by atoms with E-state index in [1.165, 1.54) is 31.2 Å². The monoisotopic (exact) mass is 441 g/mol. The van der Waals surface area contributed by atoms with Crippen LogP contribution < -0.4 is 4.74 Å². The fourth-order valence-corrected chi connectivity index (χ4v) is 11.5. The number of ether oxygens (including phenoxy) is 1. The highest BCUT2D eigenvalue weighted by Crippen LogP contribution is 2.70. The molecule has 3 aliphatic carbocycles. The van der Waals surface area contributed by atoms with Gasteiger partial charge in [0, 0.05) is 24.3 Å². The summed E-state index contributed by atoms with van der Waals surface area (Å²) in [4.78, 5) is 25.6. The quantitative estimate of drug-likeness (QED) is 0.342. The molecule has 0 amide bonds. The molecule has 31 heavy (non-hydrogen) atoms. The first-order valence-corrected chi connectivity index (χ1v) is 13.6. The van der Waals surface area contributed by atoms with E-state index in [9.17, 15) is 9.59 Å². The minimum atomic E-state index is -0.505. The Kier molecular flexibility index (Phi) is 4.94. The fraction of sp³-hybridized carbons (Fsp3) is 0.704. The van der Waals surface area contributed by atoms with Crippen LogP contribution in [0.2, 0.25) is 0 Å². The molecule has 1 saturated heterocycles. The lowest BCUT2D eigenvalue weighted by atomic mass is 9.64. The van der Waals surface area contributed by atoms with Gasteiger partial charge in [-0.15, -0.1) is 0 Å². The summed E-state index contributed by atoms with van der Waals surface area (Å²) >= 11 is 0. The lowest BCUT2D eigenvalue weighted by Crippen LogP contribution is -2.53. The molecule has 1 aliphatic heterocycles. The molecule has 1 aromatic rings. The lowest BCUT2D eigenvalue weighted by Gasteiger charge is -2.43. The number of carbonyl (C=O) groups is 2. The first-order valence-electron chi connectivity index (χ1n) is 12.1. The molecule has 168 valence electrons. The average Bonchev–Trinajstić information content (AvgIpc) is 3.40. The zero-order valence-corrected chi connectivity index (χ0v) is 20.5. The van der Waals surface area contributed by atoms with Gasteiger partial charge in [0.1, 0.15) is 27.8 Å². The first-order chi connectivity index (χ1) is 14.5. The third kappa shape index (κ3) is 3.14. The highest BCUT2D eigenvalue weighted by molar-refractivity contribution is 7.97. The number of hydrogen-bond donors (Lipinski definition) is 0. The standard InChI is InChI=1S/C27H37O3S/c1-25(2,3)24(29)30-20-9-6-17(7-10-20)16-31-21-11-8-18(14-21)23(31)27-13-12-19(15-22(27)28)26(27,4)5/h6-7,9-10,18-19,21,23H,8,11-16H2,1-5H3/q+1/t18?,19-,21?,23?,27+,31?/m0/s1. The molecular weight excluding hydrogens is 404 g/mol. The van der Waals surface area contributed by atoms with Gasteiger partial charge in [-0.2, -0.15) is 0 Å². The summed E-state index contributed by atoms with van der Waals surface area (Å²) in [6.45, 7) is 10.4. The zero-order valence-electron chi connectivity index (χ0n) is 19.7. The van der Waals surface area contributed by atoms with E-state index in [1.54, 1.807) is 0 Å². The van der Waals surface area contributed by atoms with Crippen LogP contribution in [0.4, 0.5) is 0 Å². The minimum absolute atomic E-state index is 0.0667. The molecule has 0 radical (unpaired) electrons. The van der Waals surface area contributed by atoms with Gasteiger partial charge in [-0.1, -0.05) is 26.0 Å². The second-order valence-electron chi connectivity index (χ2n) is 12.1. The summed E-state index contributed by atoms with van der Waals surface area (Å²) in [5.74, 6) is 3.44. The topological polar surface area (TPSA) is 43.4 Å². The van der Waals surface area contributed by atoms with Crippen LogP contribution in [-0.4, -0.2) is 22.3 Å². The highest BCUT2D eigenvalue weighted by Gasteiger charge is 2.75. The van der Waals surface area contributed by atoms with Crippen molar-refractivity contribution in [2.75, 3.05) is 0 Å². The van der Waals surface area contributed by atoms with E-state index in [-0.39, 0.29) is 27.7 Å². The highest BCUT2D eigenvalue weighted by atomic mass is 32.2. The van der Waals surface area contributed by atoms with Crippen LogP contribution in [-0.2, 0) is 26.2 Å². The second kappa shape index (κ2) is 7.10. The molecule has 5 rings (SSSR count). The fourth-order valence-electron chi connectivity index (χ4n) is 7.33. The molecule has 4 bridgehead atoms. The molecule has 0 spiro atoms. The Morgan fingerprint density at radius 2 is 1.84 bits per heavy atom. The molecule has 4 heteroatoms. The van der Waals surface area contributed by atoms with Crippen molar-refractivity contribution in [3.05, 3.63) is 29.8 Å². The number of Topliss-reactive ketones (excluding diaryl/α,β-unsaturated/α-hetero) is 1. The van der Waals surface area contributed by atoms with Gasteiger partial charge in [-0.05, 0) is 80.8 Å². The Bertz CT molecular complexity index is 896. The molecule has 1 aromatic carbocycles. The molecule has 1 heterocycles. The zero-order chi connectivity index (χ0) is 22.2. The maximum atomic E-state index is 13.4. The molecular formula is C27H37O3S+. The van der Waals surface area contributed by atoms with Crippen molar-refractivity contribution >= 4 is 22.6 Å². The summed E-state index contributed by atoms with van der Waals surface area (Å²) in [7, 11) is 0.266. The second-order valence-corrected chi connectivity index (χ2v) is 14.5. The maximum absolute atomic E-state index is 13.4. The van der Waals surface area contributed by atoms with Gasteiger partial charge in [0.05, 0.1) is 10.8 Å². The molecule has 4 fully saturated rings. The summed E-state index contributed by atoms with van der Waals surface area (Å²) in [6, 6.07) is 8.16. The average molecular weight is 442 g/mol. The molecule has 3 saturated carbocycles. The van der Waals surface area contributed by atoms with Crippen LogP contribution in [0.5, 0.6) is 5.75 Å². The van der Waals surface area contributed by atoms with Crippen LogP contribution in [0, 0.1) is 28.1 Å². The summed E-state index contributed by atoms with van der Waals surface area (Å²) in [5, 5.41) is 1.38. The van der Waals surface area contributed by atoms with Crippen molar-refractivity contribution < 1.29 is 14.3 Å². The van der Waals surface area contributed by atoms with Crippen LogP contribution in [0.15, 0.2) is 24.3 Å². The Balaban J connectivity index is 1.38. The van der Waals surface area contributed by atoms with Crippen LogP contribution in [0.1, 0.15) is 78.7 Å². The van der Waals surface area contributed by atoms with E-state index in [4.69, 9.17) is 4.74 Å². The number of benzene rings is 1. The summed E-state index contributed by atoms with van der Waals surface area (Å²) in [5.41, 5.74) is 0.916. The van der Waals surface area contributed by atoms with Crippen molar-refractivity contribution in [1.29, 1.82) is 0 Å². The SMILES string of the molecule is CC(C)(C)C(=O)Oc1ccc(C[S+]2C3CCC(C3)C2[C@@]23CC[C@@H](CC2=O)C3(C)C)cc1. The van der Waals surface area contributed by atoms with Gasteiger partial charge in [0.2, 0.25) is 0 Å². The smallest absolute Gasteiger partial charge is 0.316 e. The number of carbonyl (C=O) groups excluding carboxylic acids is 2. The van der Waals surface area contributed by atoms with Crippen molar-refractivity contribution in [1.82, 2.24) is 0 Å². The van der Waals surface area contributed by atoms with Gasteiger partial charge in [-0.25, -0.2) is 0 Å². The number of fused-ring (bicyclic) bond motifs is 4.